The number of carboxylic acids is 1. The number of carbonyl (C=O) groups excluding carboxylic acids is 1. The number of ether oxygens (including phenoxy) is 1. The summed E-state index contributed by atoms with van der Waals surface area (Å²) in [5.41, 5.74) is 0.460. The fourth-order valence-electron chi connectivity index (χ4n) is 1.79. The molecule has 1 fully saturated rings. The molecule has 2 rings (SSSR count). The average molecular weight is 280 g/mol. The second-order valence-corrected chi connectivity index (χ2v) is 4.25. The lowest BCUT2D eigenvalue weighted by molar-refractivity contribution is -0.158. The van der Waals surface area contributed by atoms with Crippen LogP contribution in [0.5, 0.6) is 0 Å². The van der Waals surface area contributed by atoms with Gasteiger partial charge in [-0.25, -0.2) is 9.18 Å². The van der Waals surface area contributed by atoms with Gasteiger partial charge in [0.25, 0.3) is 0 Å². The highest BCUT2D eigenvalue weighted by Gasteiger charge is 2.27. The van der Waals surface area contributed by atoms with Crippen molar-refractivity contribution in [3.8, 4) is 0 Å². The van der Waals surface area contributed by atoms with E-state index in [1.165, 1.54) is 29.3 Å². The van der Waals surface area contributed by atoms with E-state index in [0.717, 1.165) is 6.20 Å². The predicted molar refractivity (Wildman–Crippen MR) is 67.2 cm³/mol. The maximum absolute atomic E-state index is 12.9. The van der Waals surface area contributed by atoms with Crippen molar-refractivity contribution in [3.05, 3.63) is 35.9 Å². The molecule has 0 aliphatic carbocycles. The molecule has 0 saturated carbocycles. The number of carbonyl (C=O) groups is 2. The number of aliphatic carboxylic acids is 1. The summed E-state index contributed by atoms with van der Waals surface area (Å²) in [6.07, 6.45) is 4.19. The summed E-state index contributed by atoms with van der Waals surface area (Å²) < 4.78 is 17.9. The third-order valence-electron chi connectivity index (χ3n) is 2.80. The second kappa shape index (κ2) is 6.25. The Bertz CT molecular complexity index is 547. The van der Waals surface area contributed by atoms with Crippen LogP contribution in [-0.2, 0) is 14.3 Å². The number of amides is 1. The number of pyridine rings is 1. The lowest BCUT2D eigenvalue weighted by atomic mass is 10.2. The van der Waals surface area contributed by atoms with Gasteiger partial charge in [-0.05, 0) is 17.7 Å². The van der Waals surface area contributed by atoms with Crippen LogP contribution in [0.1, 0.15) is 5.56 Å². The highest BCUT2D eigenvalue weighted by Crippen LogP contribution is 2.08. The van der Waals surface area contributed by atoms with Gasteiger partial charge in [-0.15, -0.1) is 0 Å². The van der Waals surface area contributed by atoms with Gasteiger partial charge in [0, 0.05) is 18.8 Å². The van der Waals surface area contributed by atoms with Crippen LogP contribution in [0.15, 0.2) is 24.5 Å². The first-order chi connectivity index (χ1) is 9.56. The minimum Gasteiger partial charge on any atom is -0.479 e. The molecule has 20 heavy (non-hydrogen) atoms. The molecule has 1 aromatic rings. The number of nitrogens with zero attached hydrogens (tertiary/aromatic N) is 2. The van der Waals surface area contributed by atoms with Crippen LogP contribution in [0, 0.1) is 5.82 Å². The summed E-state index contributed by atoms with van der Waals surface area (Å²) in [5.74, 6) is -1.93. The quantitative estimate of drug-likeness (QED) is 0.818. The fraction of sp³-hybridized carbons (Fsp3) is 0.308. The Kier molecular flexibility index (Phi) is 4.41. The SMILES string of the molecule is O=C(O)C1CN(C(=O)/C=C/c2cncc(F)c2)CCO1. The molecule has 2 heterocycles. The Labute approximate surface area is 114 Å². The van der Waals surface area contributed by atoms with Crippen LogP contribution in [0.3, 0.4) is 0 Å². The third kappa shape index (κ3) is 3.61. The van der Waals surface area contributed by atoms with Gasteiger partial charge >= 0.3 is 5.97 Å². The molecule has 1 saturated heterocycles. The molecule has 1 unspecified atom stereocenters. The molecule has 7 heteroatoms. The molecule has 0 aromatic carbocycles. The first-order valence-electron chi connectivity index (χ1n) is 5.98. The molecule has 1 N–H and O–H groups in total. The highest BCUT2D eigenvalue weighted by molar-refractivity contribution is 5.92. The predicted octanol–water partition coefficient (Wildman–Crippen LogP) is 0.546. The fourth-order valence-corrected chi connectivity index (χ4v) is 1.79. The van der Waals surface area contributed by atoms with Gasteiger partial charge in [-0.2, -0.15) is 0 Å². The number of halogens is 1. The zero-order valence-corrected chi connectivity index (χ0v) is 10.5. The first kappa shape index (κ1) is 14.1. The standard InChI is InChI=1S/C13H13FN2O4/c14-10-5-9(6-15-7-10)1-2-12(17)16-3-4-20-11(8-16)13(18)19/h1-2,5-7,11H,3-4,8H2,(H,18,19)/b2-1+. The Balaban J connectivity index is 1.99. The topological polar surface area (TPSA) is 79.7 Å². The van der Waals surface area contributed by atoms with E-state index >= 15 is 0 Å². The van der Waals surface area contributed by atoms with Gasteiger partial charge in [0.15, 0.2) is 6.10 Å². The molecular weight excluding hydrogens is 267 g/mol. The van der Waals surface area contributed by atoms with E-state index in [2.05, 4.69) is 4.98 Å². The zero-order valence-electron chi connectivity index (χ0n) is 10.5. The van der Waals surface area contributed by atoms with E-state index in [4.69, 9.17) is 9.84 Å². The Morgan fingerprint density at radius 3 is 3.00 bits per heavy atom. The maximum Gasteiger partial charge on any atom is 0.334 e. The molecule has 1 aliphatic rings. The van der Waals surface area contributed by atoms with Crippen molar-refractivity contribution in [1.82, 2.24) is 9.88 Å². The molecule has 1 aromatic heterocycles. The second-order valence-electron chi connectivity index (χ2n) is 4.25. The summed E-state index contributed by atoms with van der Waals surface area (Å²) in [6.45, 7) is 0.506. The zero-order chi connectivity index (χ0) is 14.5. The van der Waals surface area contributed by atoms with E-state index in [0.29, 0.717) is 12.1 Å². The van der Waals surface area contributed by atoms with Gasteiger partial charge < -0.3 is 14.7 Å². The van der Waals surface area contributed by atoms with Crippen LogP contribution in [0.4, 0.5) is 4.39 Å². The van der Waals surface area contributed by atoms with E-state index in [1.54, 1.807) is 0 Å². The number of hydrogen-bond acceptors (Lipinski definition) is 4. The van der Waals surface area contributed by atoms with Crippen LogP contribution in [0.2, 0.25) is 0 Å². The van der Waals surface area contributed by atoms with Crippen molar-refractivity contribution in [2.45, 2.75) is 6.10 Å². The van der Waals surface area contributed by atoms with Gasteiger partial charge in [0.2, 0.25) is 5.91 Å². The minimum absolute atomic E-state index is 0.0000918. The van der Waals surface area contributed by atoms with Gasteiger partial charge in [0.05, 0.1) is 19.3 Å². The number of hydrogen-bond donors (Lipinski definition) is 1. The van der Waals surface area contributed by atoms with Crippen molar-refractivity contribution >= 4 is 18.0 Å². The van der Waals surface area contributed by atoms with E-state index in [9.17, 15) is 14.0 Å². The van der Waals surface area contributed by atoms with Gasteiger partial charge in [-0.1, -0.05) is 0 Å². The van der Waals surface area contributed by atoms with Crippen molar-refractivity contribution in [1.29, 1.82) is 0 Å². The molecule has 6 nitrogen and oxygen atoms in total. The molecule has 1 aliphatic heterocycles. The summed E-state index contributed by atoms with van der Waals surface area (Å²) >= 11 is 0. The molecule has 0 bridgehead atoms. The molecular formula is C13H13FN2O4. The summed E-state index contributed by atoms with van der Waals surface area (Å²) in [5, 5.41) is 8.85. The molecule has 1 amide bonds. The normalized spacial score (nSPS) is 19.2. The molecule has 1 atom stereocenters. The molecule has 0 radical (unpaired) electrons. The maximum atomic E-state index is 12.9. The van der Waals surface area contributed by atoms with Crippen LogP contribution >= 0.6 is 0 Å². The Morgan fingerprint density at radius 1 is 1.50 bits per heavy atom. The van der Waals surface area contributed by atoms with Gasteiger partial charge in [0.1, 0.15) is 5.82 Å². The summed E-state index contributed by atoms with van der Waals surface area (Å²) in [4.78, 5) is 27.8. The number of aromatic nitrogens is 1. The molecule has 0 spiro atoms. The van der Waals surface area contributed by atoms with Crippen LogP contribution < -0.4 is 0 Å². The first-order valence-corrected chi connectivity index (χ1v) is 5.98. The van der Waals surface area contributed by atoms with E-state index < -0.39 is 17.9 Å². The van der Waals surface area contributed by atoms with Crippen molar-refractivity contribution in [2.75, 3.05) is 19.7 Å². The molecule has 106 valence electrons. The largest absolute Gasteiger partial charge is 0.479 e. The third-order valence-corrected chi connectivity index (χ3v) is 2.80. The van der Waals surface area contributed by atoms with Crippen molar-refractivity contribution in [2.24, 2.45) is 0 Å². The summed E-state index contributed by atoms with van der Waals surface area (Å²) in [6, 6.07) is 1.25. The number of carboxylic acid groups (broad SMARTS) is 1. The lowest BCUT2D eigenvalue weighted by Crippen LogP contribution is -2.48. The van der Waals surface area contributed by atoms with Crippen LogP contribution in [-0.4, -0.2) is 52.7 Å². The van der Waals surface area contributed by atoms with Crippen LogP contribution in [0.25, 0.3) is 6.08 Å². The number of rotatable bonds is 3. The Hall–Kier alpha value is -2.28. The smallest absolute Gasteiger partial charge is 0.334 e. The van der Waals surface area contributed by atoms with E-state index in [1.807, 2.05) is 0 Å². The lowest BCUT2D eigenvalue weighted by Gasteiger charge is -2.30. The van der Waals surface area contributed by atoms with E-state index in [-0.39, 0.29) is 19.1 Å². The number of morpholine rings is 1. The van der Waals surface area contributed by atoms with Crippen molar-refractivity contribution in [3.63, 3.8) is 0 Å². The monoisotopic (exact) mass is 280 g/mol. The summed E-state index contributed by atoms with van der Waals surface area (Å²) in [7, 11) is 0. The van der Waals surface area contributed by atoms with Gasteiger partial charge in [-0.3, -0.25) is 9.78 Å². The van der Waals surface area contributed by atoms with Crippen molar-refractivity contribution < 1.29 is 23.8 Å². The average Bonchev–Trinajstić information content (AvgIpc) is 2.45. The Morgan fingerprint density at radius 2 is 2.30 bits per heavy atom. The highest BCUT2D eigenvalue weighted by atomic mass is 19.1. The minimum atomic E-state index is -1.10.